The lowest BCUT2D eigenvalue weighted by Gasteiger charge is -2.29. The number of nitrogens with zero attached hydrogens (tertiary/aromatic N) is 3. The molecule has 0 aliphatic carbocycles. The van der Waals surface area contributed by atoms with Crippen molar-refractivity contribution >= 4 is 11.6 Å². The summed E-state index contributed by atoms with van der Waals surface area (Å²) < 4.78 is 10.4. The van der Waals surface area contributed by atoms with Crippen molar-refractivity contribution in [2.75, 3.05) is 118 Å². The lowest BCUT2D eigenvalue weighted by atomic mass is 10.4. The first kappa shape index (κ1) is 29.0. The number of nitrogens with one attached hydrogen (secondary N) is 1. The fraction of sp³-hybridized carbons (Fsp3) is 1.00. The van der Waals surface area contributed by atoms with E-state index in [4.69, 9.17) is 31.3 Å². The van der Waals surface area contributed by atoms with Crippen molar-refractivity contribution in [3.63, 3.8) is 0 Å². The summed E-state index contributed by atoms with van der Waals surface area (Å²) in [4.78, 5) is 7.01. The Morgan fingerprint density at radius 3 is 1.79 bits per heavy atom. The maximum Gasteiger partial charge on any atom is 0.0594 e. The second-order valence-corrected chi connectivity index (χ2v) is 7.21. The molecule has 0 amide bonds. The van der Waals surface area contributed by atoms with Crippen molar-refractivity contribution in [1.82, 2.24) is 20.0 Å². The molecule has 0 aromatic carbocycles. The Morgan fingerprint density at radius 2 is 1.41 bits per heavy atom. The molecule has 0 bridgehead atoms. The number of aliphatic hydroxyl groups is 2. The van der Waals surface area contributed by atoms with E-state index in [2.05, 4.69) is 26.9 Å². The molecule has 8 nitrogen and oxygen atoms in total. The number of hydrogen-bond acceptors (Lipinski definition) is 8. The van der Waals surface area contributed by atoms with Crippen LogP contribution >= 0.6 is 11.6 Å². The highest BCUT2D eigenvalue weighted by Crippen LogP contribution is 1.97. The molecule has 0 aromatic heterocycles. The molecule has 2 rings (SSSR count). The predicted octanol–water partition coefficient (Wildman–Crippen LogP) is -0.222. The minimum absolute atomic E-state index is 0.244. The maximum absolute atomic E-state index is 8.83. The van der Waals surface area contributed by atoms with Gasteiger partial charge >= 0.3 is 0 Å². The van der Waals surface area contributed by atoms with Gasteiger partial charge in [-0.15, -0.1) is 11.6 Å². The summed E-state index contributed by atoms with van der Waals surface area (Å²) in [5, 5.41) is 19.9. The maximum atomic E-state index is 8.83. The summed E-state index contributed by atoms with van der Waals surface area (Å²) in [6.45, 7) is 19.0. The van der Waals surface area contributed by atoms with E-state index in [0.29, 0.717) is 0 Å². The third kappa shape index (κ3) is 18.5. The van der Waals surface area contributed by atoms with Crippen LogP contribution < -0.4 is 5.32 Å². The van der Waals surface area contributed by atoms with Gasteiger partial charge in [-0.05, 0) is 13.1 Å². The molecule has 2 aliphatic rings. The molecule has 2 aliphatic heterocycles. The zero-order valence-corrected chi connectivity index (χ0v) is 19.4. The molecule has 2 fully saturated rings. The third-order valence-corrected chi connectivity index (χ3v) is 4.91. The van der Waals surface area contributed by atoms with E-state index in [1.807, 2.05) is 6.92 Å². The van der Waals surface area contributed by atoms with Gasteiger partial charge in [0.25, 0.3) is 0 Å². The van der Waals surface area contributed by atoms with Gasteiger partial charge in [0, 0.05) is 64.8 Å². The van der Waals surface area contributed by atoms with Gasteiger partial charge in [-0.1, -0.05) is 13.8 Å². The summed E-state index contributed by atoms with van der Waals surface area (Å²) in [6, 6.07) is 0. The van der Waals surface area contributed by atoms with Crippen molar-refractivity contribution in [2.24, 2.45) is 0 Å². The second kappa shape index (κ2) is 22.7. The molecule has 9 heteroatoms. The van der Waals surface area contributed by atoms with Gasteiger partial charge in [0.2, 0.25) is 0 Å². The van der Waals surface area contributed by atoms with Crippen LogP contribution in [-0.2, 0) is 9.47 Å². The van der Waals surface area contributed by atoms with Gasteiger partial charge in [-0.25, -0.2) is 0 Å². The predicted molar refractivity (Wildman–Crippen MR) is 120 cm³/mol. The van der Waals surface area contributed by atoms with E-state index in [1.165, 1.54) is 0 Å². The van der Waals surface area contributed by atoms with Crippen LogP contribution in [0.3, 0.4) is 0 Å². The molecule has 0 unspecified atom stereocenters. The van der Waals surface area contributed by atoms with E-state index in [1.54, 1.807) is 0 Å². The zero-order valence-electron chi connectivity index (χ0n) is 18.7. The van der Waals surface area contributed by atoms with Crippen molar-refractivity contribution < 1.29 is 19.7 Å². The standard InChI is InChI=1S/C10H22N2O2.C6H12ClNO.C4H11NO/c1-2-11(5-8-13)3-4-12-6-9-14-10-7-12;7-1-2-8-3-5-9-6-4-8;1-2-5-3-4-6/h13H,2-10H2,1H3;1-6H2;5-6H,2-4H2,1H3. The Bertz CT molecular complexity index is 309. The highest BCUT2D eigenvalue weighted by molar-refractivity contribution is 6.18. The number of halogens is 1. The third-order valence-electron chi connectivity index (χ3n) is 4.74. The first-order chi connectivity index (χ1) is 14.2. The van der Waals surface area contributed by atoms with E-state index in [0.717, 1.165) is 104 Å². The smallest absolute Gasteiger partial charge is 0.0594 e. The molecule has 0 saturated carbocycles. The molecular weight excluding hydrogens is 396 g/mol. The number of alkyl halides is 1. The molecule has 3 N–H and O–H groups in total. The van der Waals surface area contributed by atoms with Crippen LogP contribution in [0.15, 0.2) is 0 Å². The summed E-state index contributed by atoms with van der Waals surface area (Å²) in [5.41, 5.74) is 0. The van der Waals surface area contributed by atoms with E-state index >= 15 is 0 Å². The number of hydrogen-bond donors (Lipinski definition) is 3. The molecule has 29 heavy (non-hydrogen) atoms. The molecular formula is C20H45ClN4O4. The number of morpholine rings is 2. The van der Waals surface area contributed by atoms with Gasteiger partial charge in [-0.3, -0.25) is 9.80 Å². The van der Waals surface area contributed by atoms with Crippen LogP contribution in [-0.4, -0.2) is 142 Å². The number of ether oxygens (including phenoxy) is 2. The average molecular weight is 441 g/mol. The largest absolute Gasteiger partial charge is 0.395 e. The van der Waals surface area contributed by atoms with Gasteiger partial charge < -0.3 is 29.9 Å². The van der Waals surface area contributed by atoms with E-state index in [-0.39, 0.29) is 13.2 Å². The monoisotopic (exact) mass is 440 g/mol. The minimum Gasteiger partial charge on any atom is -0.395 e. The first-order valence-electron chi connectivity index (χ1n) is 11.0. The Morgan fingerprint density at radius 1 is 0.862 bits per heavy atom. The van der Waals surface area contributed by atoms with Gasteiger partial charge in [0.15, 0.2) is 0 Å². The SMILES string of the molecule is CCN(CCO)CCN1CCOCC1.CCNCCO.ClCCN1CCOCC1. The fourth-order valence-corrected chi connectivity index (χ4v) is 3.12. The first-order valence-corrected chi connectivity index (χ1v) is 11.6. The Labute approximate surface area is 183 Å². The molecule has 0 spiro atoms. The van der Waals surface area contributed by atoms with Gasteiger partial charge in [-0.2, -0.15) is 0 Å². The fourth-order valence-electron chi connectivity index (χ4n) is 2.88. The quantitative estimate of drug-likeness (QED) is 0.300. The molecule has 2 heterocycles. The normalized spacial score (nSPS) is 18.0. The topological polar surface area (TPSA) is 80.7 Å². The van der Waals surface area contributed by atoms with Crippen LogP contribution in [0, 0.1) is 0 Å². The summed E-state index contributed by atoms with van der Waals surface area (Å²) >= 11 is 5.55. The molecule has 0 radical (unpaired) electrons. The lowest BCUT2D eigenvalue weighted by molar-refractivity contribution is 0.0328. The Balaban J connectivity index is 0.000000448. The highest BCUT2D eigenvalue weighted by atomic mass is 35.5. The highest BCUT2D eigenvalue weighted by Gasteiger charge is 2.11. The average Bonchev–Trinajstić information content (AvgIpc) is 2.78. The molecule has 2 saturated heterocycles. The second-order valence-electron chi connectivity index (χ2n) is 6.83. The zero-order chi connectivity index (χ0) is 21.6. The summed E-state index contributed by atoms with van der Waals surface area (Å²) in [6.07, 6.45) is 0. The number of aliphatic hydroxyl groups excluding tert-OH is 2. The van der Waals surface area contributed by atoms with Crippen LogP contribution in [0.4, 0.5) is 0 Å². The van der Waals surface area contributed by atoms with Crippen molar-refractivity contribution in [2.45, 2.75) is 13.8 Å². The van der Waals surface area contributed by atoms with Gasteiger partial charge in [0.1, 0.15) is 0 Å². The minimum atomic E-state index is 0.244. The summed E-state index contributed by atoms with van der Waals surface area (Å²) in [7, 11) is 0. The van der Waals surface area contributed by atoms with Crippen molar-refractivity contribution in [1.29, 1.82) is 0 Å². The Kier molecular flexibility index (Phi) is 22.6. The molecule has 0 atom stereocenters. The van der Waals surface area contributed by atoms with Crippen molar-refractivity contribution in [3.05, 3.63) is 0 Å². The van der Waals surface area contributed by atoms with Crippen LogP contribution in [0.5, 0.6) is 0 Å². The van der Waals surface area contributed by atoms with Crippen LogP contribution in [0.1, 0.15) is 13.8 Å². The van der Waals surface area contributed by atoms with Crippen LogP contribution in [0.25, 0.3) is 0 Å². The number of likely N-dealkylation sites (N-methyl/N-ethyl adjacent to an activating group) is 2. The van der Waals surface area contributed by atoms with Crippen LogP contribution in [0.2, 0.25) is 0 Å². The molecule has 0 aromatic rings. The summed E-state index contributed by atoms with van der Waals surface area (Å²) in [5.74, 6) is 0.736. The van der Waals surface area contributed by atoms with E-state index in [9.17, 15) is 0 Å². The molecule has 176 valence electrons. The Hall–Kier alpha value is -0.0300. The number of rotatable bonds is 11. The lowest BCUT2D eigenvalue weighted by Crippen LogP contribution is -2.42. The van der Waals surface area contributed by atoms with Gasteiger partial charge in [0.05, 0.1) is 39.6 Å². The van der Waals surface area contributed by atoms with E-state index < -0.39 is 0 Å². The van der Waals surface area contributed by atoms with Crippen molar-refractivity contribution in [3.8, 4) is 0 Å².